The first-order valence-electron chi connectivity index (χ1n) is 7.26. The molecule has 0 amide bonds. The summed E-state index contributed by atoms with van der Waals surface area (Å²) in [4.78, 5) is 4.54. The Morgan fingerprint density at radius 2 is 1.79 bits per heavy atom. The van der Waals surface area contributed by atoms with Crippen molar-refractivity contribution in [3.63, 3.8) is 0 Å². The number of ether oxygens (including phenoxy) is 1. The molecular formula is C16H24N2O. The maximum absolute atomic E-state index is 6.12. The Balaban J connectivity index is 2.01. The van der Waals surface area contributed by atoms with Crippen LogP contribution < -0.4 is 10.5 Å². The molecule has 3 nitrogen and oxygen atoms in total. The second-order valence-electron chi connectivity index (χ2n) is 5.53. The van der Waals surface area contributed by atoms with Gasteiger partial charge >= 0.3 is 0 Å². The van der Waals surface area contributed by atoms with Gasteiger partial charge in [-0.25, -0.2) is 4.99 Å². The quantitative estimate of drug-likeness (QED) is 0.656. The largest absolute Gasteiger partial charge is 0.491 e. The number of aliphatic imine (C=N–C) groups is 1. The number of nitrogens with zero attached hydrogens (tertiary/aromatic N) is 1. The minimum absolute atomic E-state index is 0.196. The summed E-state index contributed by atoms with van der Waals surface area (Å²) in [6.45, 7) is 4.04. The van der Waals surface area contributed by atoms with Crippen molar-refractivity contribution in [1.29, 1.82) is 0 Å². The number of nitrogens with two attached hydrogens (primary N) is 1. The van der Waals surface area contributed by atoms with E-state index in [4.69, 9.17) is 10.5 Å². The zero-order valence-corrected chi connectivity index (χ0v) is 11.9. The van der Waals surface area contributed by atoms with Crippen molar-refractivity contribution in [2.45, 2.75) is 52.1 Å². The first-order valence-corrected chi connectivity index (χ1v) is 7.26. The highest BCUT2D eigenvalue weighted by atomic mass is 16.5. The van der Waals surface area contributed by atoms with Crippen LogP contribution in [0.25, 0.3) is 0 Å². The molecule has 19 heavy (non-hydrogen) atoms. The lowest BCUT2D eigenvalue weighted by molar-refractivity contribution is 0.242. The summed E-state index contributed by atoms with van der Waals surface area (Å²) < 4.78 is 5.61. The molecule has 0 radical (unpaired) electrons. The highest BCUT2D eigenvalue weighted by Crippen LogP contribution is 2.25. The van der Waals surface area contributed by atoms with Gasteiger partial charge in [0.15, 0.2) is 0 Å². The molecule has 0 saturated heterocycles. The van der Waals surface area contributed by atoms with Crippen molar-refractivity contribution in [2.24, 2.45) is 16.6 Å². The van der Waals surface area contributed by atoms with Gasteiger partial charge in [0.2, 0.25) is 0 Å². The molecule has 2 rings (SSSR count). The predicted octanol–water partition coefficient (Wildman–Crippen LogP) is 4.04. The smallest absolute Gasteiger partial charge is 0.119 e. The van der Waals surface area contributed by atoms with Crippen LogP contribution in [0.5, 0.6) is 5.75 Å². The average Bonchev–Trinajstić information content (AvgIpc) is 2.41. The van der Waals surface area contributed by atoms with Gasteiger partial charge in [0.05, 0.1) is 11.8 Å². The monoisotopic (exact) mass is 260 g/mol. The van der Waals surface area contributed by atoms with Crippen LogP contribution >= 0.6 is 0 Å². The van der Waals surface area contributed by atoms with E-state index in [2.05, 4.69) is 4.99 Å². The molecule has 1 aromatic rings. The van der Waals surface area contributed by atoms with Crippen molar-refractivity contribution in [3.8, 4) is 5.75 Å². The number of hydrogen-bond donors (Lipinski definition) is 1. The van der Waals surface area contributed by atoms with Crippen LogP contribution in [0, 0.1) is 5.92 Å². The van der Waals surface area contributed by atoms with E-state index >= 15 is 0 Å². The Morgan fingerprint density at radius 1 is 1.16 bits per heavy atom. The van der Waals surface area contributed by atoms with E-state index < -0.39 is 0 Å². The summed E-state index contributed by atoms with van der Waals surface area (Å²) in [5.74, 6) is 2.14. The Kier molecular flexibility index (Phi) is 4.83. The predicted molar refractivity (Wildman–Crippen MR) is 80.1 cm³/mol. The molecule has 0 aromatic heterocycles. The molecule has 1 aliphatic rings. The number of hydrogen-bond acceptors (Lipinski definition) is 2. The number of rotatable bonds is 4. The van der Waals surface area contributed by atoms with Crippen molar-refractivity contribution in [2.75, 3.05) is 0 Å². The van der Waals surface area contributed by atoms with E-state index in [0.717, 1.165) is 17.3 Å². The third kappa shape index (κ3) is 4.27. The van der Waals surface area contributed by atoms with E-state index in [0.29, 0.717) is 5.92 Å². The summed E-state index contributed by atoms with van der Waals surface area (Å²) in [5, 5.41) is 0. The Bertz CT molecular complexity index is 417. The van der Waals surface area contributed by atoms with Crippen molar-refractivity contribution in [1.82, 2.24) is 0 Å². The standard InChI is InChI=1S/C16H24N2O/c1-12(2)19-15-10-8-14(9-11-15)18-16(17)13-6-4-3-5-7-13/h8-13H,3-7H2,1-2H3,(H2,17,18). The molecular weight excluding hydrogens is 236 g/mol. The molecule has 0 atom stereocenters. The second kappa shape index (κ2) is 6.60. The zero-order chi connectivity index (χ0) is 13.7. The van der Waals surface area contributed by atoms with E-state index in [1.807, 2.05) is 38.1 Å². The van der Waals surface area contributed by atoms with E-state index in [1.54, 1.807) is 0 Å². The molecule has 1 fully saturated rings. The Labute approximate surface area is 115 Å². The third-order valence-corrected chi connectivity index (χ3v) is 3.49. The first kappa shape index (κ1) is 13.9. The molecule has 0 unspecified atom stereocenters. The first-order chi connectivity index (χ1) is 9.15. The molecule has 0 bridgehead atoms. The fourth-order valence-corrected chi connectivity index (χ4v) is 2.51. The lowest BCUT2D eigenvalue weighted by Crippen LogP contribution is -2.25. The van der Waals surface area contributed by atoms with Crippen LogP contribution in [0.2, 0.25) is 0 Å². The van der Waals surface area contributed by atoms with Crippen LogP contribution in [0.15, 0.2) is 29.3 Å². The highest BCUT2D eigenvalue weighted by molar-refractivity contribution is 5.85. The van der Waals surface area contributed by atoms with Crippen LogP contribution in [-0.4, -0.2) is 11.9 Å². The fourth-order valence-electron chi connectivity index (χ4n) is 2.51. The maximum Gasteiger partial charge on any atom is 0.119 e. The normalized spacial score (nSPS) is 17.7. The SMILES string of the molecule is CC(C)Oc1ccc(N=C(N)C2CCCCC2)cc1. The van der Waals surface area contributed by atoms with Gasteiger partial charge in [0.25, 0.3) is 0 Å². The lowest BCUT2D eigenvalue weighted by Gasteiger charge is -2.20. The van der Waals surface area contributed by atoms with E-state index in [-0.39, 0.29) is 6.10 Å². The molecule has 2 N–H and O–H groups in total. The Hall–Kier alpha value is -1.51. The van der Waals surface area contributed by atoms with E-state index in [1.165, 1.54) is 32.1 Å². The summed E-state index contributed by atoms with van der Waals surface area (Å²) in [6.07, 6.45) is 6.46. The highest BCUT2D eigenvalue weighted by Gasteiger charge is 2.16. The second-order valence-corrected chi connectivity index (χ2v) is 5.53. The zero-order valence-electron chi connectivity index (χ0n) is 11.9. The maximum atomic E-state index is 6.12. The van der Waals surface area contributed by atoms with Crippen molar-refractivity contribution < 1.29 is 4.74 Å². The van der Waals surface area contributed by atoms with Gasteiger partial charge in [0, 0.05) is 5.92 Å². The summed E-state index contributed by atoms with van der Waals surface area (Å²) in [6, 6.07) is 7.83. The van der Waals surface area contributed by atoms with Crippen LogP contribution in [0.4, 0.5) is 5.69 Å². The summed E-state index contributed by atoms with van der Waals surface area (Å²) >= 11 is 0. The van der Waals surface area contributed by atoms with Gasteiger partial charge in [-0.2, -0.15) is 0 Å². The summed E-state index contributed by atoms with van der Waals surface area (Å²) in [5.41, 5.74) is 7.03. The molecule has 1 saturated carbocycles. The summed E-state index contributed by atoms with van der Waals surface area (Å²) in [7, 11) is 0. The van der Waals surface area contributed by atoms with Gasteiger partial charge in [-0.3, -0.25) is 0 Å². The van der Waals surface area contributed by atoms with Crippen molar-refractivity contribution in [3.05, 3.63) is 24.3 Å². The van der Waals surface area contributed by atoms with Gasteiger partial charge in [-0.15, -0.1) is 0 Å². The number of amidine groups is 1. The van der Waals surface area contributed by atoms with Crippen LogP contribution in [0.3, 0.4) is 0 Å². The minimum Gasteiger partial charge on any atom is -0.491 e. The number of benzene rings is 1. The van der Waals surface area contributed by atoms with Crippen LogP contribution in [-0.2, 0) is 0 Å². The minimum atomic E-state index is 0.196. The molecule has 1 aliphatic carbocycles. The molecule has 104 valence electrons. The Morgan fingerprint density at radius 3 is 2.37 bits per heavy atom. The molecule has 0 spiro atoms. The van der Waals surface area contributed by atoms with Gasteiger partial charge in [-0.1, -0.05) is 19.3 Å². The van der Waals surface area contributed by atoms with Crippen LogP contribution in [0.1, 0.15) is 46.0 Å². The molecule has 3 heteroatoms. The van der Waals surface area contributed by atoms with Gasteiger partial charge in [0.1, 0.15) is 11.6 Å². The lowest BCUT2D eigenvalue weighted by atomic mass is 9.88. The molecule has 0 heterocycles. The van der Waals surface area contributed by atoms with Crippen molar-refractivity contribution >= 4 is 11.5 Å². The average molecular weight is 260 g/mol. The molecule has 0 aliphatic heterocycles. The molecule has 1 aromatic carbocycles. The topological polar surface area (TPSA) is 47.6 Å². The van der Waals surface area contributed by atoms with E-state index in [9.17, 15) is 0 Å². The fraction of sp³-hybridized carbons (Fsp3) is 0.562. The third-order valence-electron chi connectivity index (χ3n) is 3.49. The van der Waals surface area contributed by atoms with Gasteiger partial charge in [-0.05, 0) is 51.0 Å². The van der Waals surface area contributed by atoms with Gasteiger partial charge < -0.3 is 10.5 Å².